The van der Waals surface area contributed by atoms with E-state index in [1.165, 1.54) is 6.92 Å². The Morgan fingerprint density at radius 2 is 1.82 bits per heavy atom. The van der Waals surface area contributed by atoms with Crippen LogP contribution in [0.5, 0.6) is 11.5 Å². The highest BCUT2D eigenvalue weighted by molar-refractivity contribution is 6.13. The normalized spacial score (nSPS) is 10.1. The van der Waals surface area contributed by atoms with Gasteiger partial charge in [-0.3, -0.25) is 10.3 Å². The molecule has 0 aliphatic rings. The van der Waals surface area contributed by atoms with Crippen molar-refractivity contribution in [1.29, 1.82) is 5.41 Å². The molecular weight excluding hydrogens is 278 g/mol. The molecule has 5 nitrogen and oxygen atoms in total. The Kier molecular flexibility index (Phi) is 4.78. The van der Waals surface area contributed by atoms with Crippen LogP contribution in [0.25, 0.3) is 0 Å². The van der Waals surface area contributed by atoms with E-state index in [-0.39, 0.29) is 5.84 Å². The molecule has 0 fully saturated rings. The second-order valence-corrected chi connectivity index (χ2v) is 4.82. The van der Waals surface area contributed by atoms with Crippen molar-refractivity contribution in [2.75, 3.05) is 4.90 Å². The number of primary amides is 1. The van der Waals surface area contributed by atoms with Gasteiger partial charge in [-0.1, -0.05) is 25.1 Å². The molecule has 2 aromatic carbocycles. The number of benzene rings is 2. The number of carbonyl (C=O) groups is 1. The minimum atomic E-state index is -0.683. The summed E-state index contributed by atoms with van der Waals surface area (Å²) < 4.78 is 5.87. The van der Waals surface area contributed by atoms with Crippen molar-refractivity contribution in [3.05, 3.63) is 54.1 Å². The van der Waals surface area contributed by atoms with Gasteiger partial charge in [-0.05, 0) is 49.2 Å². The monoisotopic (exact) mass is 297 g/mol. The van der Waals surface area contributed by atoms with Gasteiger partial charge in [-0.2, -0.15) is 0 Å². The van der Waals surface area contributed by atoms with Gasteiger partial charge in [-0.15, -0.1) is 0 Å². The molecule has 0 saturated heterocycles. The molecule has 2 aromatic rings. The summed E-state index contributed by atoms with van der Waals surface area (Å²) in [6.07, 6.45) is 0.886. The van der Waals surface area contributed by atoms with E-state index < -0.39 is 6.03 Å². The third-order valence-corrected chi connectivity index (χ3v) is 3.23. The molecule has 0 radical (unpaired) electrons. The van der Waals surface area contributed by atoms with Gasteiger partial charge in [0.15, 0.2) is 0 Å². The van der Waals surface area contributed by atoms with Gasteiger partial charge in [0.2, 0.25) is 0 Å². The number of nitrogens with zero attached hydrogens (tertiary/aromatic N) is 1. The molecule has 0 heterocycles. The number of urea groups is 1. The van der Waals surface area contributed by atoms with E-state index >= 15 is 0 Å². The lowest BCUT2D eigenvalue weighted by atomic mass is 10.1. The van der Waals surface area contributed by atoms with Crippen molar-refractivity contribution in [1.82, 2.24) is 0 Å². The molecule has 0 aliphatic heterocycles. The molecule has 0 unspecified atom stereocenters. The van der Waals surface area contributed by atoms with Gasteiger partial charge in [0.1, 0.15) is 17.3 Å². The summed E-state index contributed by atoms with van der Waals surface area (Å²) in [6, 6.07) is 14.1. The third-order valence-electron chi connectivity index (χ3n) is 3.23. The smallest absolute Gasteiger partial charge is 0.324 e. The van der Waals surface area contributed by atoms with Crippen LogP contribution in [0.1, 0.15) is 19.4 Å². The highest BCUT2D eigenvalue weighted by Gasteiger charge is 2.14. The van der Waals surface area contributed by atoms with Gasteiger partial charge < -0.3 is 10.5 Å². The van der Waals surface area contributed by atoms with Crippen molar-refractivity contribution in [3.63, 3.8) is 0 Å². The fourth-order valence-electron chi connectivity index (χ4n) is 2.17. The van der Waals surface area contributed by atoms with Crippen LogP contribution in [-0.4, -0.2) is 11.9 Å². The van der Waals surface area contributed by atoms with Crippen LogP contribution in [0.4, 0.5) is 10.5 Å². The average Bonchev–Trinajstić information content (AvgIpc) is 2.49. The zero-order valence-corrected chi connectivity index (χ0v) is 12.7. The van der Waals surface area contributed by atoms with Gasteiger partial charge in [0.25, 0.3) is 0 Å². The van der Waals surface area contributed by atoms with Crippen LogP contribution in [0.3, 0.4) is 0 Å². The molecule has 0 aliphatic carbocycles. The predicted octanol–water partition coefficient (Wildman–Crippen LogP) is 3.92. The first kappa shape index (κ1) is 15.6. The van der Waals surface area contributed by atoms with Crippen molar-refractivity contribution in [2.24, 2.45) is 5.73 Å². The number of carbonyl (C=O) groups excluding carboxylic acids is 1. The molecule has 0 atom stereocenters. The summed E-state index contributed by atoms with van der Waals surface area (Å²) in [6.45, 7) is 3.58. The minimum Gasteiger partial charge on any atom is -0.457 e. The van der Waals surface area contributed by atoms with Gasteiger partial charge in [-0.25, -0.2) is 4.79 Å². The van der Waals surface area contributed by atoms with Crippen molar-refractivity contribution >= 4 is 17.6 Å². The van der Waals surface area contributed by atoms with Crippen LogP contribution >= 0.6 is 0 Å². The van der Waals surface area contributed by atoms with E-state index in [2.05, 4.69) is 6.92 Å². The van der Waals surface area contributed by atoms with E-state index in [0.29, 0.717) is 11.4 Å². The molecule has 0 spiro atoms. The Labute approximate surface area is 129 Å². The number of amides is 2. The van der Waals surface area contributed by atoms with Crippen molar-refractivity contribution in [3.8, 4) is 11.5 Å². The summed E-state index contributed by atoms with van der Waals surface area (Å²) >= 11 is 0. The number of anilines is 1. The van der Waals surface area contributed by atoms with Crippen LogP contribution in [0.15, 0.2) is 48.5 Å². The number of nitrogens with one attached hydrogen (secondary N) is 1. The van der Waals surface area contributed by atoms with E-state index in [1.807, 2.05) is 24.3 Å². The van der Waals surface area contributed by atoms with E-state index in [9.17, 15) is 4.79 Å². The van der Waals surface area contributed by atoms with E-state index in [1.54, 1.807) is 24.3 Å². The number of rotatable bonds is 4. The summed E-state index contributed by atoms with van der Waals surface area (Å²) in [5.74, 6) is 1.54. The highest BCUT2D eigenvalue weighted by atomic mass is 16.5. The highest BCUT2D eigenvalue weighted by Crippen LogP contribution is 2.27. The predicted molar refractivity (Wildman–Crippen MR) is 87.8 cm³/mol. The third kappa shape index (κ3) is 3.44. The van der Waals surface area contributed by atoms with Crippen molar-refractivity contribution in [2.45, 2.75) is 20.3 Å². The molecule has 0 aromatic heterocycles. The molecule has 5 heteroatoms. The Hall–Kier alpha value is -2.82. The fourth-order valence-corrected chi connectivity index (χ4v) is 2.17. The molecular formula is C17H19N3O2. The van der Waals surface area contributed by atoms with Crippen LogP contribution in [0, 0.1) is 5.41 Å². The van der Waals surface area contributed by atoms with Crippen LogP contribution in [-0.2, 0) is 6.42 Å². The maximum absolute atomic E-state index is 11.4. The average molecular weight is 297 g/mol. The first-order chi connectivity index (χ1) is 10.5. The number of hydrogen-bond acceptors (Lipinski definition) is 3. The Balaban J connectivity index is 2.22. The zero-order valence-electron chi connectivity index (χ0n) is 12.7. The van der Waals surface area contributed by atoms with Gasteiger partial charge in [0.05, 0.1) is 5.69 Å². The number of nitrogens with two attached hydrogens (primary N) is 1. The Morgan fingerprint density at radius 1 is 1.18 bits per heavy atom. The quantitative estimate of drug-likeness (QED) is 0.662. The van der Waals surface area contributed by atoms with E-state index in [0.717, 1.165) is 22.6 Å². The summed E-state index contributed by atoms with van der Waals surface area (Å²) in [5, 5.41) is 7.60. The minimum absolute atomic E-state index is 0.0671. The topological polar surface area (TPSA) is 79.4 Å². The fraction of sp³-hybridized carbons (Fsp3) is 0.176. The number of ether oxygens (including phenoxy) is 1. The largest absolute Gasteiger partial charge is 0.457 e. The number of hydrogen-bond donors (Lipinski definition) is 2. The summed E-state index contributed by atoms with van der Waals surface area (Å²) in [4.78, 5) is 12.5. The number of para-hydroxylation sites is 1. The van der Waals surface area contributed by atoms with Gasteiger partial charge >= 0.3 is 6.03 Å². The maximum Gasteiger partial charge on any atom is 0.324 e. The van der Waals surface area contributed by atoms with Crippen molar-refractivity contribution < 1.29 is 9.53 Å². The summed E-state index contributed by atoms with van der Waals surface area (Å²) in [5.41, 5.74) is 6.95. The van der Waals surface area contributed by atoms with E-state index in [4.69, 9.17) is 15.9 Å². The number of aryl methyl sites for hydroxylation is 1. The lowest BCUT2D eigenvalue weighted by Crippen LogP contribution is -2.38. The molecule has 114 valence electrons. The molecule has 22 heavy (non-hydrogen) atoms. The molecule has 0 bridgehead atoms. The van der Waals surface area contributed by atoms with Crippen LogP contribution < -0.4 is 15.4 Å². The second kappa shape index (κ2) is 6.76. The molecule has 3 N–H and O–H groups in total. The van der Waals surface area contributed by atoms with Crippen LogP contribution in [0.2, 0.25) is 0 Å². The molecule has 0 saturated carbocycles. The standard InChI is InChI=1S/C17H19N3O2/c1-3-13-6-4-5-7-16(13)22-15-10-8-14(9-11-15)20(12(2)18)17(19)21/h4-11,18H,3H2,1-2H3,(H2,19,21). The molecule has 2 rings (SSSR count). The lowest BCUT2D eigenvalue weighted by molar-refractivity contribution is 0.256. The Bertz CT molecular complexity index is 667. The Morgan fingerprint density at radius 3 is 2.36 bits per heavy atom. The molecule has 2 amide bonds. The first-order valence-electron chi connectivity index (χ1n) is 7.03. The van der Waals surface area contributed by atoms with Gasteiger partial charge in [0, 0.05) is 0 Å². The zero-order chi connectivity index (χ0) is 16.1. The SMILES string of the molecule is CCc1ccccc1Oc1ccc(N(C(C)=N)C(N)=O)cc1. The lowest BCUT2D eigenvalue weighted by Gasteiger charge is -2.19. The number of amidine groups is 1. The second-order valence-electron chi connectivity index (χ2n) is 4.82. The summed E-state index contributed by atoms with van der Waals surface area (Å²) in [7, 11) is 0. The maximum atomic E-state index is 11.4. The first-order valence-corrected chi connectivity index (χ1v) is 7.03.